The quantitative estimate of drug-likeness (QED) is 0.548. The molecule has 1 saturated heterocycles. The molecule has 8 heteroatoms. The predicted octanol–water partition coefficient (Wildman–Crippen LogP) is 2.74. The molecule has 1 amide bonds. The lowest BCUT2D eigenvalue weighted by Crippen LogP contribution is -2.46. The van der Waals surface area contributed by atoms with E-state index in [9.17, 15) is 19.1 Å². The molecule has 1 fully saturated rings. The van der Waals surface area contributed by atoms with Gasteiger partial charge in [-0.1, -0.05) is 25.1 Å². The SMILES string of the molecule is CCCNC(=O)[C@H]1[C@H](CO)[C@H]2Cn3c(ccc(-c4ccncc4)c3=O)[C@@H]1N2Cc1ccccc1F. The summed E-state index contributed by atoms with van der Waals surface area (Å²) in [7, 11) is 0. The molecule has 7 nitrogen and oxygen atoms in total. The molecule has 1 aromatic carbocycles. The number of hydrogen-bond donors (Lipinski definition) is 2. The smallest absolute Gasteiger partial charge is 0.258 e. The van der Waals surface area contributed by atoms with Crippen LogP contribution in [0.2, 0.25) is 0 Å². The molecule has 0 spiro atoms. The molecule has 0 aliphatic carbocycles. The first kappa shape index (κ1) is 23.4. The molecular formula is C27H29FN4O3. The first-order chi connectivity index (χ1) is 17.0. The van der Waals surface area contributed by atoms with Crippen molar-refractivity contribution in [2.24, 2.45) is 11.8 Å². The van der Waals surface area contributed by atoms with Gasteiger partial charge in [0, 0.05) is 67.4 Å². The van der Waals surface area contributed by atoms with Crippen LogP contribution in [0.5, 0.6) is 0 Å². The van der Waals surface area contributed by atoms with Gasteiger partial charge in [-0.05, 0) is 42.3 Å². The normalized spacial score (nSPS) is 23.2. The number of rotatable bonds is 7. The molecular weight excluding hydrogens is 447 g/mol. The zero-order chi connectivity index (χ0) is 24.5. The highest BCUT2D eigenvalue weighted by Gasteiger charge is 2.55. The number of aliphatic hydroxyl groups excluding tert-OH is 1. The average Bonchev–Trinajstić information content (AvgIpc) is 3.08. The number of nitrogens with zero attached hydrogens (tertiary/aromatic N) is 3. The Balaban J connectivity index is 1.62. The van der Waals surface area contributed by atoms with Crippen LogP contribution in [0, 0.1) is 17.7 Å². The van der Waals surface area contributed by atoms with Crippen molar-refractivity contribution in [2.45, 2.75) is 38.5 Å². The zero-order valence-corrected chi connectivity index (χ0v) is 19.6. The van der Waals surface area contributed by atoms with E-state index in [0.717, 1.165) is 12.0 Å². The molecule has 182 valence electrons. The standard InChI is InChI=1S/C27H29FN4O3/c1-2-11-30-26(34)24-20(16-33)23-15-32-22(8-7-19(27(32)35)17-9-12-29-13-10-17)25(24)31(23)14-18-5-3-4-6-21(18)28/h3-10,12-13,20,23-25,33H,2,11,14-16H2,1H3,(H,30,34)/t20-,23-,24+,25+/m1/s1. The second-order valence-electron chi connectivity index (χ2n) is 9.26. The summed E-state index contributed by atoms with van der Waals surface area (Å²) >= 11 is 0. The number of fused-ring (bicyclic) bond motifs is 4. The highest BCUT2D eigenvalue weighted by molar-refractivity contribution is 5.80. The molecule has 2 aliphatic heterocycles. The maximum atomic E-state index is 14.6. The van der Waals surface area contributed by atoms with Crippen molar-refractivity contribution in [1.29, 1.82) is 0 Å². The number of amides is 1. The molecule has 3 aromatic rings. The zero-order valence-electron chi connectivity index (χ0n) is 19.6. The second kappa shape index (κ2) is 9.71. The van der Waals surface area contributed by atoms with Gasteiger partial charge in [-0.2, -0.15) is 0 Å². The van der Waals surface area contributed by atoms with Crippen molar-refractivity contribution in [3.63, 3.8) is 0 Å². The van der Waals surface area contributed by atoms with Crippen LogP contribution in [0.3, 0.4) is 0 Å². The minimum atomic E-state index is -0.553. The topological polar surface area (TPSA) is 87.5 Å². The summed E-state index contributed by atoms with van der Waals surface area (Å²) in [5, 5.41) is 13.4. The third-order valence-electron chi connectivity index (χ3n) is 7.32. The number of aliphatic hydroxyl groups is 1. The van der Waals surface area contributed by atoms with Gasteiger partial charge in [0.05, 0.1) is 12.0 Å². The molecule has 0 unspecified atom stereocenters. The first-order valence-electron chi connectivity index (χ1n) is 12.1. The van der Waals surface area contributed by atoms with E-state index >= 15 is 0 Å². The molecule has 4 atom stereocenters. The molecule has 35 heavy (non-hydrogen) atoms. The number of carbonyl (C=O) groups excluding carboxylic acids is 1. The Hall–Kier alpha value is -3.36. The van der Waals surface area contributed by atoms with Gasteiger partial charge in [0.2, 0.25) is 5.91 Å². The van der Waals surface area contributed by atoms with Crippen molar-refractivity contribution >= 4 is 5.91 Å². The molecule has 0 saturated carbocycles. The van der Waals surface area contributed by atoms with Crippen molar-refractivity contribution < 1.29 is 14.3 Å². The van der Waals surface area contributed by atoms with Crippen LogP contribution in [-0.4, -0.2) is 44.7 Å². The summed E-state index contributed by atoms with van der Waals surface area (Å²) in [4.78, 5) is 33.1. The Bertz CT molecular complexity index is 1280. The van der Waals surface area contributed by atoms with Crippen LogP contribution in [0.15, 0.2) is 65.7 Å². The number of halogens is 1. The fourth-order valence-corrected chi connectivity index (χ4v) is 5.68. The number of pyridine rings is 2. The lowest BCUT2D eigenvalue weighted by atomic mass is 9.86. The molecule has 2 aliphatic rings. The van der Waals surface area contributed by atoms with E-state index in [1.165, 1.54) is 6.07 Å². The number of benzene rings is 1. The molecule has 4 heterocycles. The van der Waals surface area contributed by atoms with Gasteiger partial charge in [0.25, 0.3) is 5.56 Å². The minimum Gasteiger partial charge on any atom is -0.396 e. The number of aromatic nitrogens is 2. The van der Waals surface area contributed by atoms with Crippen LogP contribution in [-0.2, 0) is 17.9 Å². The summed E-state index contributed by atoms with van der Waals surface area (Å²) in [5.41, 5.74) is 2.44. The van der Waals surface area contributed by atoms with Gasteiger partial charge in [0.1, 0.15) is 5.82 Å². The second-order valence-corrected chi connectivity index (χ2v) is 9.26. The van der Waals surface area contributed by atoms with Crippen molar-refractivity contribution in [2.75, 3.05) is 13.2 Å². The molecule has 2 bridgehead atoms. The molecule has 2 aromatic heterocycles. The van der Waals surface area contributed by atoms with Crippen LogP contribution in [0.25, 0.3) is 11.1 Å². The van der Waals surface area contributed by atoms with Gasteiger partial charge in [-0.15, -0.1) is 0 Å². The third kappa shape index (κ3) is 4.06. The Labute approximate surface area is 203 Å². The third-order valence-corrected chi connectivity index (χ3v) is 7.32. The van der Waals surface area contributed by atoms with E-state index in [4.69, 9.17) is 0 Å². The summed E-state index contributed by atoms with van der Waals surface area (Å²) in [6.07, 6.45) is 4.09. The summed E-state index contributed by atoms with van der Waals surface area (Å²) in [6, 6.07) is 13.1. The summed E-state index contributed by atoms with van der Waals surface area (Å²) in [6.45, 7) is 2.93. The highest BCUT2D eigenvalue weighted by atomic mass is 19.1. The Morgan fingerprint density at radius 3 is 2.66 bits per heavy atom. The van der Waals surface area contributed by atoms with Gasteiger partial charge in [-0.25, -0.2) is 4.39 Å². The van der Waals surface area contributed by atoms with E-state index in [1.54, 1.807) is 53.4 Å². The maximum absolute atomic E-state index is 14.6. The number of carbonyl (C=O) groups is 1. The Morgan fingerprint density at radius 1 is 1.17 bits per heavy atom. The van der Waals surface area contributed by atoms with E-state index in [0.29, 0.717) is 29.9 Å². The number of hydrogen-bond acceptors (Lipinski definition) is 5. The van der Waals surface area contributed by atoms with Crippen LogP contribution >= 0.6 is 0 Å². The first-order valence-corrected chi connectivity index (χ1v) is 12.1. The lowest BCUT2D eigenvalue weighted by Gasteiger charge is -2.38. The van der Waals surface area contributed by atoms with Crippen LogP contribution in [0.1, 0.15) is 30.6 Å². The number of nitrogens with one attached hydrogen (secondary N) is 1. The predicted molar refractivity (Wildman–Crippen MR) is 130 cm³/mol. The highest BCUT2D eigenvalue weighted by Crippen LogP contribution is 2.49. The van der Waals surface area contributed by atoms with E-state index in [1.807, 2.05) is 13.0 Å². The van der Waals surface area contributed by atoms with Gasteiger partial charge < -0.3 is 15.0 Å². The minimum absolute atomic E-state index is 0.138. The largest absolute Gasteiger partial charge is 0.396 e. The Kier molecular flexibility index (Phi) is 6.49. The fraction of sp³-hybridized carbons (Fsp3) is 0.370. The van der Waals surface area contributed by atoms with E-state index in [2.05, 4.69) is 15.2 Å². The molecule has 2 N–H and O–H groups in total. The monoisotopic (exact) mass is 476 g/mol. The Morgan fingerprint density at radius 2 is 1.94 bits per heavy atom. The summed E-state index contributed by atoms with van der Waals surface area (Å²) < 4.78 is 16.3. The lowest BCUT2D eigenvalue weighted by molar-refractivity contribution is -0.127. The molecule has 0 radical (unpaired) electrons. The average molecular weight is 477 g/mol. The maximum Gasteiger partial charge on any atom is 0.258 e. The fourth-order valence-electron chi connectivity index (χ4n) is 5.68. The van der Waals surface area contributed by atoms with Gasteiger partial charge in [-0.3, -0.25) is 19.5 Å². The van der Waals surface area contributed by atoms with E-state index in [-0.39, 0.29) is 42.4 Å². The van der Waals surface area contributed by atoms with Crippen LogP contribution in [0.4, 0.5) is 4.39 Å². The van der Waals surface area contributed by atoms with Gasteiger partial charge >= 0.3 is 0 Å². The van der Waals surface area contributed by atoms with Crippen molar-refractivity contribution in [3.05, 3.63) is 88.4 Å². The van der Waals surface area contributed by atoms with Gasteiger partial charge in [0.15, 0.2) is 0 Å². The van der Waals surface area contributed by atoms with Crippen molar-refractivity contribution in [3.8, 4) is 11.1 Å². The van der Waals surface area contributed by atoms with Crippen LogP contribution < -0.4 is 10.9 Å². The van der Waals surface area contributed by atoms with E-state index < -0.39 is 12.0 Å². The molecule has 5 rings (SSSR count). The van der Waals surface area contributed by atoms with Crippen molar-refractivity contribution in [1.82, 2.24) is 19.8 Å². The summed E-state index contributed by atoms with van der Waals surface area (Å²) in [5.74, 6) is -1.39.